The van der Waals surface area contributed by atoms with Gasteiger partial charge in [0.15, 0.2) is 0 Å². The first kappa shape index (κ1) is 14.3. The molecule has 0 aliphatic rings. The van der Waals surface area contributed by atoms with E-state index in [0.29, 0.717) is 11.7 Å². The van der Waals surface area contributed by atoms with Crippen LogP contribution in [0, 0.1) is 0 Å². The molecule has 0 radical (unpaired) electrons. The topological polar surface area (TPSA) is 75.6 Å². The van der Waals surface area contributed by atoms with Gasteiger partial charge in [0.2, 0.25) is 5.13 Å². The number of hydrogen-bond acceptors (Lipinski definition) is 6. The van der Waals surface area contributed by atoms with E-state index >= 15 is 0 Å². The van der Waals surface area contributed by atoms with Gasteiger partial charge in [-0.25, -0.2) is 0 Å². The van der Waals surface area contributed by atoms with Gasteiger partial charge in [0.1, 0.15) is 10.8 Å². The van der Waals surface area contributed by atoms with Gasteiger partial charge in [-0.05, 0) is 24.3 Å². The number of nitrogens with zero attached hydrogens (tertiary/aromatic N) is 3. The van der Waals surface area contributed by atoms with Gasteiger partial charge in [-0.15, -0.1) is 10.2 Å². The SMILES string of the molecule is COc1ccc(-c2nnc(N(C)CCC(=O)O)s2)cc1. The van der Waals surface area contributed by atoms with Crippen LogP contribution in [0.3, 0.4) is 0 Å². The number of ether oxygens (including phenoxy) is 1. The molecule has 2 rings (SSSR count). The molecule has 106 valence electrons. The average molecular weight is 293 g/mol. The van der Waals surface area contributed by atoms with Crippen molar-refractivity contribution in [1.29, 1.82) is 0 Å². The summed E-state index contributed by atoms with van der Waals surface area (Å²) in [5, 5.41) is 18.4. The van der Waals surface area contributed by atoms with Crippen LogP contribution in [-0.2, 0) is 4.79 Å². The molecule has 20 heavy (non-hydrogen) atoms. The minimum Gasteiger partial charge on any atom is -0.497 e. The largest absolute Gasteiger partial charge is 0.497 e. The van der Waals surface area contributed by atoms with Crippen molar-refractivity contribution in [1.82, 2.24) is 10.2 Å². The first-order chi connectivity index (χ1) is 9.60. The molecule has 1 aromatic heterocycles. The molecule has 0 aliphatic carbocycles. The second kappa shape index (κ2) is 6.33. The van der Waals surface area contributed by atoms with Crippen molar-refractivity contribution < 1.29 is 14.6 Å². The monoisotopic (exact) mass is 293 g/mol. The number of methoxy groups -OCH3 is 1. The minimum absolute atomic E-state index is 0.0773. The minimum atomic E-state index is -0.822. The Hall–Kier alpha value is -2.15. The Bertz CT molecular complexity index is 583. The van der Waals surface area contributed by atoms with Crippen molar-refractivity contribution in [2.75, 3.05) is 25.6 Å². The molecule has 0 aliphatic heterocycles. The molecule has 6 nitrogen and oxygen atoms in total. The fourth-order valence-corrected chi connectivity index (χ4v) is 2.42. The van der Waals surface area contributed by atoms with Crippen molar-refractivity contribution >= 4 is 22.4 Å². The smallest absolute Gasteiger partial charge is 0.305 e. The number of aliphatic carboxylic acids is 1. The van der Waals surface area contributed by atoms with Crippen LogP contribution in [0.4, 0.5) is 5.13 Å². The van der Waals surface area contributed by atoms with E-state index < -0.39 is 5.97 Å². The van der Waals surface area contributed by atoms with Crippen LogP contribution in [0.25, 0.3) is 10.6 Å². The third kappa shape index (κ3) is 3.45. The fourth-order valence-electron chi connectivity index (χ4n) is 1.58. The predicted octanol–water partition coefficient (Wildman–Crippen LogP) is 2.12. The Balaban J connectivity index is 2.09. The number of benzene rings is 1. The van der Waals surface area contributed by atoms with E-state index in [0.717, 1.165) is 16.3 Å². The van der Waals surface area contributed by atoms with Crippen molar-refractivity contribution in [2.24, 2.45) is 0 Å². The third-order valence-corrected chi connectivity index (χ3v) is 3.83. The van der Waals surface area contributed by atoms with Gasteiger partial charge in [-0.1, -0.05) is 11.3 Å². The second-order valence-electron chi connectivity index (χ2n) is 4.18. The molecule has 7 heteroatoms. The number of aromatic nitrogens is 2. The summed E-state index contributed by atoms with van der Waals surface area (Å²) < 4.78 is 5.11. The van der Waals surface area contributed by atoms with E-state index in [1.165, 1.54) is 11.3 Å². The maximum Gasteiger partial charge on any atom is 0.305 e. The molecular formula is C13H15N3O3S. The Kier molecular flexibility index (Phi) is 4.52. The van der Waals surface area contributed by atoms with Crippen LogP contribution in [0.15, 0.2) is 24.3 Å². The second-order valence-corrected chi connectivity index (χ2v) is 5.14. The summed E-state index contributed by atoms with van der Waals surface area (Å²) in [5.41, 5.74) is 0.959. The Labute approximate surface area is 120 Å². The number of carbonyl (C=O) groups is 1. The third-order valence-electron chi connectivity index (χ3n) is 2.74. The first-order valence-electron chi connectivity index (χ1n) is 6.01. The van der Waals surface area contributed by atoms with Crippen molar-refractivity contribution in [2.45, 2.75) is 6.42 Å². The Morgan fingerprint density at radius 2 is 2.05 bits per heavy atom. The van der Waals surface area contributed by atoms with Crippen molar-refractivity contribution in [3.63, 3.8) is 0 Å². The summed E-state index contributed by atoms with van der Waals surface area (Å²) in [5.74, 6) is -0.0335. The van der Waals surface area contributed by atoms with Gasteiger partial charge in [-0.2, -0.15) is 0 Å². The maximum atomic E-state index is 10.6. The maximum absolute atomic E-state index is 10.6. The Morgan fingerprint density at radius 1 is 1.35 bits per heavy atom. The summed E-state index contributed by atoms with van der Waals surface area (Å²) in [6.07, 6.45) is 0.0773. The van der Waals surface area contributed by atoms with Gasteiger partial charge in [0.25, 0.3) is 0 Å². The molecule has 0 unspecified atom stereocenters. The Morgan fingerprint density at radius 3 is 2.65 bits per heavy atom. The molecular weight excluding hydrogens is 278 g/mol. The lowest BCUT2D eigenvalue weighted by Gasteiger charge is -2.12. The lowest BCUT2D eigenvalue weighted by molar-refractivity contribution is -0.136. The van der Waals surface area contributed by atoms with Crippen LogP contribution in [0.1, 0.15) is 6.42 Å². The van der Waals surface area contributed by atoms with Crippen LogP contribution in [-0.4, -0.2) is 42.0 Å². The zero-order chi connectivity index (χ0) is 14.5. The fraction of sp³-hybridized carbons (Fsp3) is 0.308. The van der Waals surface area contributed by atoms with Gasteiger partial charge in [-0.3, -0.25) is 4.79 Å². The summed E-state index contributed by atoms with van der Waals surface area (Å²) in [6.45, 7) is 0.409. The lowest BCUT2D eigenvalue weighted by atomic mass is 10.2. The summed E-state index contributed by atoms with van der Waals surface area (Å²) in [7, 11) is 3.43. The van der Waals surface area contributed by atoms with Crippen LogP contribution in [0.2, 0.25) is 0 Å². The highest BCUT2D eigenvalue weighted by atomic mass is 32.1. The van der Waals surface area contributed by atoms with Gasteiger partial charge < -0.3 is 14.7 Å². The highest BCUT2D eigenvalue weighted by Crippen LogP contribution is 2.29. The summed E-state index contributed by atoms with van der Waals surface area (Å²) in [6, 6.07) is 7.57. The van der Waals surface area contributed by atoms with E-state index in [1.807, 2.05) is 24.3 Å². The standard InChI is InChI=1S/C13H15N3O3S/c1-16(8-7-11(17)18)13-15-14-12(20-13)9-3-5-10(19-2)6-4-9/h3-6H,7-8H2,1-2H3,(H,17,18). The number of anilines is 1. The normalized spacial score (nSPS) is 10.3. The number of rotatable bonds is 6. The zero-order valence-electron chi connectivity index (χ0n) is 11.2. The van der Waals surface area contributed by atoms with Crippen LogP contribution < -0.4 is 9.64 Å². The van der Waals surface area contributed by atoms with Crippen LogP contribution in [0.5, 0.6) is 5.75 Å². The van der Waals surface area contributed by atoms with Gasteiger partial charge >= 0.3 is 5.97 Å². The highest BCUT2D eigenvalue weighted by Gasteiger charge is 2.11. The zero-order valence-corrected chi connectivity index (χ0v) is 12.1. The van der Waals surface area contributed by atoms with E-state index in [-0.39, 0.29) is 6.42 Å². The van der Waals surface area contributed by atoms with Crippen molar-refractivity contribution in [3.8, 4) is 16.3 Å². The molecule has 0 saturated heterocycles. The molecule has 1 heterocycles. The molecule has 0 spiro atoms. The summed E-state index contributed by atoms with van der Waals surface area (Å²) >= 11 is 1.43. The molecule has 0 atom stereocenters. The molecule has 0 saturated carbocycles. The first-order valence-corrected chi connectivity index (χ1v) is 6.82. The number of carboxylic acids is 1. The quantitative estimate of drug-likeness (QED) is 0.879. The van der Waals surface area contributed by atoms with Crippen LogP contribution >= 0.6 is 11.3 Å². The summed E-state index contributed by atoms with van der Waals surface area (Å²) in [4.78, 5) is 12.3. The predicted molar refractivity (Wildman–Crippen MR) is 77.4 cm³/mol. The molecule has 2 aromatic rings. The highest BCUT2D eigenvalue weighted by molar-refractivity contribution is 7.18. The average Bonchev–Trinajstić information content (AvgIpc) is 2.94. The molecule has 1 N–H and O–H groups in total. The van der Waals surface area contributed by atoms with E-state index in [1.54, 1.807) is 19.1 Å². The molecule has 0 bridgehead atoms. The molecule has 0 fully saturated rings. The lowest BCUT2D eigenvalue weighted by Crippen LogP contribution is -2.20. The van der Waals surface area contributed by atoms with Gasteiger partial charge in [0.05, 0.1) is 13.5 Å². The molecule has 1 aromatic carbocycles. The number of hydrogen-bond donors (Lipinski definition) is 1. The number of carboxylic acid groups (broad SMARTS) is 1. The van der Waals surface area contributed by atoms with Gasteiger partial charge in [0, 0.05) is 19.2 Å². The van der Waals surface area contributed by atoms with Crippen molar-refractivity contribution in [3.05, 3.63) is 24.3 Å². The van der Waals surface area contributed by atoms with E-state index in [4.69, 9.17) is 9.84 Å². The molecule has 0 amide bonds. The van der Waals surface area contributed by atoms with E-state index in [9.17, 15) is 4.79 Å². The van der Waals surface area contributed by atoms with E-state index in [2.05, 4.69) is 10.2 Å².